The smallest absolute Gasteiger partial charge is 0.345 e. The Labute approximate surface area is 442 Å². The molecule has 1 N–H and O–H groups in total. The maximum Gasteiger partial charge on any atom is 0.345 e. The summed E-state index contributed by atoms with van der Waals surface area (Å²) in [7, 11) is 2.11. The maximum atomic E-state index is 14.4. The molecule has 4 bridgehead atoms. The first kappa shape index (κ1) is 50.2. The molecule has 0 amide bonds. The number of hydrogen-bond acceptors (Lipinski definition) is 14. The molecular weight excluding hydrogens is 1000 g/mol. The van der Waals surface area contributed by atoms with E-state index in [0.717, 1.165) is 71.0 Å². The molecule has 18 heteroatoms. The number of aromatic nitrogens is 4. The quantitative estimate of drug-likeness (QED) is 0.131. The minimum Gasteiger partial charge on any atom is -0.490 e. The summed E-state index contributed by atoms with van der Waals surface area (Å²) in [6.45, 7) is 12.9. The zero-order valence-corrected chi connectivity index (χ0v) is 43.7. The van der Waals surface area contributed by atoms with Crippen LogP contribution in [0.15, 0.2) is 85.3 Å². The molecule has 0 aliphatic carbocycles. The van der Waals surface area contributed by atoms with Gasteiger partial charge in [0.2, 0.25) is 12.0 Å². The summed E-state index contributed by atoms with van der Waals surface area (Å²) in [5, 5.41) is 12.0. The number of carboxylic acid groups (broad SMARTS) is 1. The number of piperazine rings is 1. The van der Waals surface area contributed by atoms with Crippen molar-refractivity contribution in [3.63, 3.8) is 0 Å². The van der Waals surface area contributed by atoms with Gasteiger partial charge >= 0.3 is 5.97 Å². The molecule has 4 aromatic carbocycles. The second kappa shape index (κ2) is 21.7. The number of rotatable bonds is 11. The van der Waals surface area contributed by atoms with E-state index >= 15 is 0 Å². The molecule has 14 nitrogen and oxygen atoms in total. The summed E-state index contributed by atoms with van der Waals surface area (Å²) in [5.41, 5.74) is 6.58. The molecule has 74 heavy (non-hydrogen) atoms. The molecule has 5 aliphatic rings. The highest BCUT2D eigenvalue weighted by Crippen LogP contribution is 2.53. The van der Waals surface area contributed by atoms with Gasteiger partial charge in [0, 0.05) is 98.4 Å². The van der Waals surface area contributed by atoms with E-state index in [0.29, 0.717) is 106 Å². The summed E-state index contributed by atoms with van der Waals surface area (Å²) in [6, 6.07) is 21.7. The van der Waals surface area contributed by atoms with Crippen LogP contribution in [-0.2, 0) is 29.0 Å². The molecule has 5 aliphatic heterocycles. The van der Waals surface area contributed by atoms with Crippen LogP contribution in [0.1, 0.15) is 27.9 Å². The van der Waals surface area contributed by atoms with Crippen molar-refractivity contribution in [2.24, 2.45) is 11.8 Å². The highest BCUT2D eigenvalue weighted by Gasteiger charge is 2.37. The predicted molar refractivity (Wildman–Crippen MR) is 284 cm³/mol. The van der Waals surface area contributed by atoms with Gasteiger partial charge in [0.25, 0.3) is 0 Å². The van der Waals surface area contributed by atoms with Crippen molar-refractivity contribution in [2.75, 3.05) is 79.2 Å². The van der Waals surface area contributed by atoms with Crippen molar-refractivity contribution in [3.8, 4) is 56.1 Å². The summed E-state index contributed by atoms with van der Waals surface area (Å²) < 4.78 is 46.6. The van der Waals surface area contributed by atoms with Gasteiger partial charge in [0.15, 0.2) is 11.6 Å². The minimum atomic E-state index is -1.47. The van der Waals surface area contributed by atoms with Gasteiger partial charge in [-0.2, -0.15) is 0 Å². The molecule has 3 fully saturated rings. The Morgan fingerprint density at radius 3 is 2.31 bits per heavy atom. The molecule has 3 saturated heterocycles. The Balaban J connectivity index is 0.925. The number of likely N-dealkylation sites (tertiary alicyclic amines) is 1. The number of carboxylic acids is 1. The van der Waals surface area contributed by atoms with Crippen molar-refractivity contribution < 1.29 is 38.0 Å². The van der Waals surface area contributed by atoms with Crippen molar-refractivity contribution in [1.29, 1.82) is 0 Å². The topological polar surface area (TPSA) is 145 Å². The molecule has 3 aromatic heterocycles. The summed E-state index contributed by atoms with van der Waals surface area (Å²) in [4.78, 5) is 40.5. The van der Waals surface area contributed by atoms with Gasteiger partial charge in [-0.25, -0.2) is 29.1 Å². The van der Waals surface area contributed by atoms with Crippen LogP contribution in [0.3, 0.4) is 0 Å². The first-order valence-electron chi connectivity index (χ1n) is 25.0. The first-order valence-corrected chi connectivity index (χ1v) is 26.6. The third-order valence-corrected chi connectivity index (χ3v) is 16.8. The zero-order valence-electron chi connectivity index (χ0n) is 41.4. The molecule has 0 spiro atoms. The second-order valence-corrected chi connectivity index (χ2v) is 21.5. The van der Waals surface area contributed by atoms with Crippen molar-refractivity contribution in [2.45, 2.75) is 45.5 Å². The molecular formula is C56H56Cl2FN7O7S. The number of carbonyl (C=O) groups is 1. The number of nitrogens with zero attached hydrogens (tertiary/aromatic N) is 7. The van der Waals surface area contributed by atoms with Gasteiger partial charge in [0.05, 0.1) is 34.3 Å². The van der Waals surface area contributed by atoms with E-state index in [2.05, 4.69) is 61.0 Å². The standard InChI is InChI=1S/C56H56Cl2FN7O7S/c1-32-46-33(2)50(58)51(49(32)57)72-43(26-65-20-18-64(3)19-21-65)30-70-42-12-13-44(71-29-41-14-16-60-53(63-41)36-6-4-34(5-7-36)15-17-66-24-38-27-69-28-39(38)25-66)37(22-42)23-45(56(67)68)73-54-48-47(46)52(74-55(48)62-31-61-54)35-8-10-40(59)11-9-35/h4-14,16,22,31,38-39,43,45H,15,17-21,23-30H2,1-3H3,(H,67,68)/t38?,39?,43-,45-/m1/s1. The fourth-order valence-corrected chi connectivity index (χ4v) is 12.2. The SMILES string of the molecule is Cc1c(Cl)c2c(Cl)c(C)c1-c1c(-c3ccc(F)cc3)sc3ncnc(c13)O[C@@H](C(=O)O)Cc1cc(ccc1OCc1ccnc(-c3ccc(CCN4CC5COCC5C4)cc3)n1)OC[C@@H](CN1CCN(C)CC1)O2. The molecule has 8 heterocycles. The van der Waals surface area contributed by atoms with E-state index in [4.69, 9.17) is 51.9 Å². The molecule has 0 saturated carbocycles. The van der Waals surface area contributed by atoms with E-state index < -0.39 is 24.0 Å². The average molecular weight is 1060 g/mol. The minimum absolute atomic E-state index is 0.0329. The highest BCUT2D eigenvalue weighted by molar-refractivity contribution is 7.22. The van der Waals surface area contributed by atoms with Crippen molar-refractivity contribution >= 4 is 50.7 Å². The number of hydrogen-bond donors (Lipinski definition) is 1. The largest absolute Gasteiger partial charge is 0.490 e. The zero-order chi connectivity index (χ0) is 51.0. The van der Waals surface area contributed by atoms with Crippen LogP contribution >= 0.6 is 34.5 Å². The van der Waals surface area contributed by atoms with Gasteiger partial charge in [-0.1, -0.05) is 59.6 Å². The number of fused-ring (bicyclic) bond motifs is 8. The normalized spacial score (nSPS) is 20.5. The van der Waals surface area contributed by atoms with E-state index in [9.17, 15) is 14.3 Å². The summed E-state index contributed by atoms with van der Waals surface area (Å²) in [5.74, 6) is 1.51. The Morgan fingerprint density at radius 1 is 0.851 bits per heavy atom. The molecule has 12 rings (SSSR count). The molecule has 0 radical (unpaired) electrons. The Morgan fingerprint density at radius 2 is 1.58 bits per heavy atom. The van der Waals surface area contributed by atoms with Crippen LogP contribution in [0.4, 0.5) is 4.39 Å². The first-order chi connectivity index (χ1) is 35.9. The highest BCUT2D eigenvalue weighted by atomic mass is 35.5. The van der Waals surface area contributed by atoms with Gasteiger partial charge in [0.1, 0.15) is 47.8 Å². The van der Waals surface area contributed by atoms with Crippen LogP contribution in [0.5, 0.6) is 23.1 Å². The fraction of sp³-hybridized carbons (Fsp3) is 0.375. The lowest BCUT2D eigenvalue weighted by atomic mass is 9.92. The van der Waals surface area contributed by atoms with E-state index in [1.165, 1.54) is 35.4 Å². The number of aliphatic carboxylic acids is 1. The van der Waals surface area contributed by atoms with Crippen LogP contribution < -0.4 is 18.9 Å². The number of ether oxygens (including phenoxy) is 5. The van der Waals surface area contributed by atoms with Crippen LogP contribution in [-0.4, -0.2) is 137 Å². The monoisotopic (exact) mass is 1060 g/mol. The fourth-order valence-electron chi connectivity index (χ4n) is 10.6. The number of likely N-dealkylation sites (N-methyl/N-ethyl adjacent to an activating group) is 1. The Bertz CT molecular complexity index is 3150. The number of halogens is 3. The number of benzene rings is 4. The maximum absolute atomic E-state index is 14.4. The Kier molecular flexibility index (Phi) is 14.7. The Hall–Kier alpha value is -5.98. The van der Waals surface area contributed by atoms with E-state index in [-0.39, 0.29) is 25.5 Å². The molecule has 4 atom stereocenters. The molecule has 384 valence electrons. The van der Waals surface area contributed by atoms with E-state index in [1.54, 1.807) is 42.6 Å². The van der Waals surface area contributed by atoms with E-state index in [1.807, 2.05) is 13.8 Å². The number of thiophene rings is 1. The lowest BCUT2D eigenvalue weighted by molar-refractivity contribution is -0.145. The van der Waals surface area contributed by atoms with Gasteiger partial charge < -0.3 is 38.6 Å². The van der Waals surface area contributed by atoms with Crippen LogP contribution in [0.25, 0.3) is 43.2 Å². The summed E-state index contributed by atoms with van der Waals surface area (Å²) >= 11 is 16.1. The lowest BCUT2D eigenvalue weighted by Gasteiger charge is -2.35. The third-order valence-electron chi connectivity index (χ3n) is 14.7. The van der Waals surface area contributed by atoms with Crippen molar-refractivity contribution in [3.05, 3.63) is 129 Å². The van der Waals surface area contributed by atoms with Crippen LogP contribution in [0.2, 0.25) is 10.0 Å². The third kappa shape index (κ3) is 10.6. The van der Waals surface area contributed by atoms with Crippen LogP contribution in [0, 0.1) is 31.5 Å². The molecule has 2 unspecified atom stereocenters. The predicted octanol–water partition coefficient (Wildman–Crippen LogP) is 9.71. The van der Waals surface area contributed by atoms with Crippen molar-refractivity contribution in [1.82, 2.24) is 34.6 Å². The lowest BCUT2D eigenvalue weighted by Crippen LogP contribution is -2.49. The summed E-state index contributed by atoms with van der Waals surface area (Å²) in [6.07, 6.45) is 1.88. The molecule has 7 aromatic rings. The second-order valence-electron chi connectivity index (χ2n) is 19.8. The van der Waals surface area contributed by atoms with Gasteiger partial charge in [-0.15, -0.1) is 11.3 Å². The van der Waals surface area contributed by atoms with Gasteiger partial charge in [-0.05, 0) is 91.5 Å². The average Bonchev–Trinajstić information content (AvgIpc) is 4.13. The van der Waals surface area contributed by atoms with Gasteiger partial charge in [-0.3, -0.25) is 4.90 Å².